The quantitative estimate of drug-likeness (QED) is 0.582. The first-order valence-electron chi connectivity index (χ1n) is 4.06. The van der Waals surface area contributed by atoms with Crippen LogP contribution in [0.1, 0.15) is 13.3 Å². The molecule has 0 unspecified atom stereocenters. The minimum absolute atomic E-state index is 0.343. The van der Waals surface area contributed by atoms with Crippen molar-refractivity contribution in [1.82, 2.24) is 0 Å². The van der Waals surface area contributed by atoms with Crippen LogP contribution < -0.4 is 5.19 Å². The molecule has 1 aromatic rings. The minimum atomic E-state index is -0.343. The number of benzene rings is 1. The molecule has 0 radical (unpaired) electrons. The third kappa shape index (κ3) is 2.43. The third-order valence-electron chi connectivity index (χ3n) is 1.74. The molecular weight excluding hydrogens is 148 g/mol. The Hall–Kier alpha value is -0.693. The molecule has 0 saturated heterocycles. The molecule has 0 aliphatic rings. The van der Waals surface area contributed by atoms with Crippen molar-refractivity contribution < 1.29 is 0 Å². The Labute approximate surface area is 70.1 Å². The maximum atomic E-state index is 2.43. The second-order valence-corrected chi connectivity index (χ2v) is 5.01. The molecule has 1 aromatic carbocycles. The maximum absolute atomic E-state index is 2.43. The van der Waals surface area contributed by atoms with Crippen molar-refractivity contribution in [2.75, 3.05) is 0 Å². The number of rotatable bonds is 2. The summed E-state index contributed by atoms with van der Waals surface area (Å²) in [4.78, 5) is 0. The molecule has 1 heteroatoms. The van der Waals surface area contributed by atoms with Crippen LogP contribution >= 0.6 is 0 Å². The van der Waals surface area contributed by atoms with Gasteiger partial charge in [0.15, 0.2) is 0 Å². The Kier molecular flexibility index (Phi) is 3.24. The van der Waals surface area contributed by atoms with E-state index in [-0.39, 0.29) is 8.41 Å². The molecule has 0 saturated carbocycles. The zero-order chi connectivity index (χ0) is 8.10. The van der Waals surface area contributed by atoms with E-state index in [0.717, 1.165) is 0 Å². The van der Waals surface area contributed by atoms with E-state index in [1.807, 2.05) is 0 Å². The van der Waals surface area contributed by atoms with Gasteiger partial charge in [-0.25, -0.2) is 0 Å². The molecule has 0 spiro atoms. The highest BCUT2D eigenvalue weighted by atomic mass is 28.2. The highest BCUT2D eigenvalue weighted by Gasteiger charge is 1.91. The zero-order valence-corrected chi connectivity index (χ0v) is 8.17. The molecule has 11 heavy (non-hydrogen) atoms. The van der Waals surface area contributed by atoms with E-state index >= 15 is 0 Å². The summed E-state index contributed by atoms with van der Waals surface area (Å²) in [6, 6.07) is 10.8. The van der Waals surface area contributed by atoms with Gasteiger partial charge in [-0.05, 0) is 11.6 Å². The summed E-state index contributed by atoms with van der Waals surface area (Å²) in [5.41, 5.74) is 2.43. The normalized spacial score (nSPS) is 11.6. The van der Waals surface area contributed by atoms with Crippen molar-refractivity contribution in [3.63, 3.8) is 0 Å². The van der Waals surface area contributed by atoms with Gasteiger partial charge in [0.1, 0.15) is 0 Å². The highest BCUT2D eigenvalue weighted by molar-refractivity contribution is 6.77. The lowest BCUT2D eigenvalue weighted by Gasteiger charge is -1.97. The molecule has 0 aliphatic carbocycles. The average molecular weight is 162 g/mol. The SMILES string of the molecule is CCC=[Si](C)c1ccccc1. The first-order valence-corrected chi connectivity index (χ1v) is 6.14. The van der Waals surface area contributed by atoms with Crippen LogP contribution in [0.15, 0.2) is 30.3 Å². The summed E-state index contributed by atoms with van der Waals surface area (Å²) in [5.74, 6) is 0. The van der Waals surface area contributed by atoms with Crippen LogP contribution in [-0.4, -0.2) is 14.1 Å². The van der Waals surface area contributed by atoms with Gasteiger partial charge >= 0.3 is 0 Å². The molecule has 0 bridgehead atoms. The average Bonchev–Trinajstić information content (AvgIpc) is 2.07. The van der Waals surface area contributed by atoms with Crippen LogP contribution in [0, 0.1) is 0 Å². The van der Waals surface area contributed by atoms with Gasteiger partial charge in [-0.15, -0.1) is 0 Å². The van der Waals surface area contributed by atoms with E-state index in [1.165, 1.54) is 11.6 Å². The van der Waals surface area contributed by atoms with Crippen LogP contribution in [0.25, 0.3) is 0 Å². The fraction of sp³-hybridized carbons (Fsp3) is 0.300. The van der Waals surface area contributed by atoms with Gasteiger partial charge in [0.05, 0.1) is 0 Å². The lowest BCUT2D eigenvalue weighted by molar-refractivity contribution is 1.35. The van der Waals surface area contributed by atoms with Gasteiger partial charge in [-0.3, -0.25) is 0 Å². The van der Waals surface area contributed by atoms with Crippen LogP contribution in [0.5, 0.6) is 0 Å². The van der Waals surface area contributed by atoms with Gasteiger partial charge in [0.25, 0.3) is 0 Å². The minimum Gasteiger partial charge on any atom is -0.0999 e. The fourth-order valence-electron chi connectivity index (χ4n) is 1.13. The van der Waals surface area contributed by atoms with Crippen LogP contribution in [0.4, 0.5) is 0 Å². The number of hydrogen-bond acceptors (Lipinski definition) is 0. The first kappa shape index (κ1) is 8.40. The zero-order valence-electron chi connectivity index (χ0n) is 7.17. The summed E-state index contributed by atoms with van der Waals surface area (Å²) in [5, 5.41) is 1.51. The molecular formula is C10H14Si. The second-order valence-electron chi connectivity index (χ2n) is 2.66. The molecule has 0 fully saturated rings. The monoisotopic (exact) mass is 162 g/mol. The molecule has 58 valence electrons. The second kappa shape index (κ2) is 4.24. The Morgan fingerprint density at radius 2 is 1.91 bits per heavy atom. The smallest absolute Gasteiger partial charge is 0.0383 e. The molecule has 0 nitrogen and oxygen atoms in total. The molecule has 0 amide bonds. The Balaban J connectivity index is 2.85. The summed E-state index contributed by atoms with van der Waals surface area (Å²) < 4.78 is 0. The summed E-state index contributed by atoms with van der Waals surface area (Å²) in [7, 11) is -0.343. The van der Waals surface area contributed by atoms with Crippen molar-refractivity contribution in [3.8, 4) is 0 Å². The first-order chi connectivity index (χ1) is 5.34. The van der Waals surface area contributed by atoms with Crippen molar-refractivity contribution in [2.24, 2.45) is 0 Å². The lowest BCUT2D eigenvalue weighted by atomic mass is 10.4. The van der Waals surface area contributed by atoms with E-state index in [9.17, 15) is 0 Å². The van der Waals surface area contributed by atoms with Gasteiger partial charge < -0.3 is 0 Å². The highest BCUT2D eigenvalue weighted by Crippen LogP contribution is 1.83. The molecule has 0 aliphatic heterocycles. The maximum Gasteiger partial charge on any atom is 0.0383 e. The van der Waals surface area contributed by atoms with Gasteiger partial charge in [-0.1, -0.05) is 49.5 Å². The summed E-state index contributed by atoms with van der Waals surface area (Å²) in [6.45, 7) is 4.54. The van der Waals surface area contributed by atoms with Crippen LogP contribution in [-0.2, 0) is 0 Å². The van der Waals surface area contributed by atoms with E-state index in [2.05, 4.69) is 49.5 Å². The van der Waals surface area contributed by atoms with Gasteiger partial charge in [0.2, 0.25) is 0 Å². The van der Waals surface area contributed by atoms with Crippen LogP contribution in [0.2, 0.25) is 6.55 Å². The summed E-state index contributed by atoms with van der Waals surface area (Å²) >= 11 is 0. The van der Waals surface area contributed by atoms with E-state index in [4.69, 9.17) is 0 Å². The summed E-state index contributed by atoms with van der Waals surface area (Å²) in [6.07, 6.45) is 1.19. The largest absolute Gasteiger partial charge is 0.0999 e. The Morgan fingerprint density at radius 3 is 2.45 bits per heavy atom. The van der Waals surface area contributed by atoms with Gasteiger partial charge in [0, 0.05) is 8.41 Å². The predicted octanol–water partition coefficient (Wildman–Crippen LogP) is 1.81. The van der Waals surface area contributed by atoms with Gasteiger partial charge in [-0.2, -0.15) is 0 Å². The van der Waals surface area contributed by atoms with Crippen molar-refractivity contribution >= 4 is 19.3 Å². The standard InChI is InChI=1S/C10H14Si/c1-3-9-11(2)10-7-5-4-6-8-10/h4-9H,3H2,1-2H3. The fourth-order valence-corrected chi connectivity index (χ4v) is 2.69. The van der Waals surface area contributed by atoms with E-state index in [0.29, 0.717) is 0 Å². The van der Waals surface area contributed by atoms with E-state index in [1.54, 1.807) is 0 Å². The molecule has 0 N–H and O–H groups in total. The predicted molar refractivity (Wildman–Crippen MR) is 54.0 cm³/mol. The van der Waals surface area contributed by atoms with E-state index < -0.39 is 0 Å². The Morgan fingerprint density at radius 1 is 1.27 bits per heavy atom. The number of hydrogen-bond donors (Lipinski definition) is 0. The topological polar surface area (TPSA) is 0 Å². The van der Waals surface area contributed by atoms with Crippen molar-refractivity contribution in [1.29, 1.82) is 0 Å². The molecule has 0 heterocycles. The lowest BCUT2D eigenvalue weighted by Crippen LogP contribution is -2.19. The molecule has 0 atom stereocenters. The van der Waals surface area contributed by atoms with Crippen molar-refractivity contribution in [3.05, 3.63) is 30.3 Å². The van der Waals surface area contributed by atoms with Crippen LogP contribution in [0.3, 0.4) is 0 Å². The third-order valence-corrected chi connectivity index (χ3v) is 4.00. The molecule has 1 rings (SSSR count). The van der Waals surface area contributed by atoms with Crippen molar-refractivity contribution in [2.45, 2.75) is 19.9 Å². The molecule has 0 aromatic heterocycles. The Bertz CT molecular complexity index is 236.